The lowest BCUT2D eigenvalue weighted by atomic mass is 9.95. The summed E-state index contributed by atoms with van der Waals surface area (Å²) in [6, 6.07) is 5.91. The molecule has 0 aliphatic heterocycles. The van der Waals surface area contributed by atoms with Crippen LogP contribution in [0.4, 0.5) is 0 Å². The van der Waals surface area contributed by atoms with Crippen molar-refractivity contribution < 1.29 is 5.11 Å². The van der Waals surface area contributed by atoms with Gasteiger partial charge in [-0.15, -0.1) is 0 Å². The van der Waals surface area contributed by atoms with Crippen molar-refractivity contribution >= 4 is 5.57 Å². The maximum absolute atomic E-state index is 9.63. The molecule has 0 atom stereocenters. The van der Waals surface area contributed by atoms with Crippen LogP contribution in [-0.2, 0) is 0 Å². The van der Waals surface area contributed by atoms with E-state index in [1.165, 1.54) is 0 Å². The van der Waals surface area contributed by atoms with E-state index in [9.17, 15) is 5.11 Å². The van der Waals surface area contributed by atoms with Crippen molar-refractivity contribution in [3.63, 3.8) is 0 Å². The van der Waals surface area contributed by atoms with Crippen LogP contribution in [0.25, 0.3) is 17.0 Å². The average Bonchev–Trinajstić information content (AvgIpc) is 3.14. The largest absolute Gasteiger partial charge is 0.392 e. The first-order chi connectivity index (χ1) is 13.1. The molecular formula is C23H23N3O. The molecule has 0 radical (unpaired) electrons. The van der Waals surface area contributed by atoms with Crippen LogP contribution >= 0.6 is 0 Å². The van der Waals surface area contributed by atoms with E-state index in [-0.39, 0.29) is 6.61 Å². The van der Waals surface area contributed by atoms with Gasteiger partial charge in [0.25, 0.3) is 0 Å². The highest BCUT2D eigenvalue weighted by Gasteiger charge is 2.13. The molecule has 0 aromatic carbocycles. The molecule has 27 heavy (non-hydrogen) atoms. The number of nitrogens with zero attached hydrogens (tertiary/aromatic N) is 2. The Kier molecular flexibility index (Phi) is 5.79. The smallest absolute Gasteiger partial charge is 0.118 e. The number of hydrogen-bond acceptors (Lipinski definition) is 3. The van der Waals surface area contributed by atoms with Gasteiger partial charge in [0.2, 0.25) is 0 Å². The first kappa shape index (κ1) is 18.5. The van der Waals surface area contributed by atoms with Gasteiger partial charge in [-0.1, -0.05) is 55.2 Å². The van der Waals surface area contributed by atoms with Gasteiger partial charge >= 0.3 is 0 Å². The van der Waals surface area contributed by atoms with E-state index in [2.05, 4.69) is 21.8 Å². The monoisotopic (exact) mass is 357 g/mol. The number of allylic oxidation sites excluding steroid dienone is 9. The standard InChI is InChI=1S/C23H23N3O/c1-4-7-19(15-27)20-10-6-9-18(13-12-16(20)2)21-14-24-26-23(21)22-11-5-8-17(3)25-22/h4-14,27H,2,15H2,1,3H3,(H,24,26)/b7-4-,10-6+,13-12-,18-9-,20-19+. The summed E-state index contributed by atoms with van der Waals surface area (Å²) in [4.78, 5) is 4.58. The first-order valence-corrected chi connectivity index (χ1v) is 8.84. The molecule has 0 fully saturated rings. The number of aryl methyl sites for hydroxylation is 1. The van der Waals surface area contributed by atoms with Gasteiger partial charge in [0.1, 0.15) is 5.69 Å². The SMILES string of the molecule is C=C1\C=C/C(c2c[nH]nc2-c2cccc(C)n2)=C/C=C/C1=C(/C=C\C)CO. The van der Waals surface area contributed by atoms with Gasteiger partial charge in [-0.3, -0.25) is 10.1 Å². The quantitative estimate of drug-likeness (QED) is 0.833. The number of rotatable bonds is 4. The summed E-state index contributed by atoms with van der Waals surface area (Å²) in [5.41, 5.74) is 7.20. The Morgan fingerprint density at radius 3 is 2.85 bits per heavy atom. The predicted molar refractivity (Wildman–Crippen MR) is 111 cm³/mol. The molecule has 0 saturated carbocycles. The number of pyridine rings is 1. The first-order valence-electron chi connectivity index (χ1n) is 8.84. The summed E-state index contributed by atoms with van der Waals surface area (Å²) >= 11 is 0. The molecule has 1 aliphatic carbocycles. The van der Waals surface area contributed by atoms with E-state index in [1.807, 2.05) is 80.8 Å². The Balaban J connectivity index is 2.03. The highest BCUT2D eigenvalue weighted by Crippen LogP contribution is 2.29. The molecule has 2 N–H and O–H groups in total. The molecule has 4 nitrogen and oxygen atoms in total. The Bertz CT molecular complexity index is 1000. The van der Waals surface area contributed by atoms with E-state index in [0.29, 0.717) is 0 Å². The van der Waals surface area contributed by atoms with Crippen LogP contribution in [0.1, 0.15) is 18.2 Å². The van der Waals surface area contributed by atoms with E-state index >= 15 is 0 Å². The second-order valence-electron chi connectivity index (χ2n) is 6.25. The van der Waals surface area contributed by atoms with Gasteiger partial charge in [-0.25, -0.2) is 0 Å². The van der Waals surface area contributed by atoms with Crippen molar-refractivity contribution in [2.75, 3.05) is 6.61 Å². The average molecular weight is 357 g/mol. The Morgan fingerprint density at radius 2 is 2.11 bits per heavy atom. The Hall–Kier alpha value is -3.24. The lowest BCUT2D eigenvalue weighted by Gasteiger charge is -2.11. The third kappa shape index (κ3) is 4.13. The minimum Gasteiger partial charge on any atom is -0.392 e. The highest BCUT2D eigenvalue weighted by molar-refractivity contribution is 5.84. The molecule has 0 amide bonds. The maximum atomic E-state index is 9.63. The molecule has 0 bridgehead atoms. The zero-order valence-corrected chi connectivity index (χ0v) is 15.6. The van der Waals surface area contributed by atoms with Crippen molar-refractivity contribution in [3.8, 4) is 11.4 Å². The third-order valence-electron chi connectivity index (χ3n) is 4.32. The van der Waals surface area contributed by atoms with Crippen LogP contribution in [-0.4, -0.2) is 26.9 Å². The zero-order chi connectivity index (χ0) is 19.2. The van der Waals surface area contributed by atoms with Crippen LogP contribution in [0.2, 0.25) is 0 Å². The molecule has 0 unspecified atom stereocenters. The number of aromatic amines is 1. The number of hydrogen-bond donors (Lipinski definition) is 2. The van der Waals surface area contributed by atoms with Gasteiger partial charge in [0, 0.05) is 17.5 Å². The number of H-pyrrole nitrogens is 1. The number of aliphatic hydroxyl groups is 1. The lowest BCUT2D eigenvalue weighted by molar-refractivity contribution is 0.334. The van der Waals surface area contributed by atoms with Crippen LogP contribution in [0, 0.1) is 6.92 Å². The molecule has 3 rings (SSSR count). The van der Waals surface area contributed by atoms with Crippen LogP contribution in [0.3, 0.4) is 0 Å². The van der Waals surface area contributed by atoms with E-state index < -0.39 is 0 Å². The third-order valence-corrected chi connectivity index (χ3v) is 4.32. The predicted octanol–water partition coefficient (Wildman–Crippen LogP) is 4.71. The van der Waals surface area contributed by atoms with Crippen molar-refractivity contribution in [2.45, 2.75) is 13.8 Å². The van der Waals surface area contributed by atoms with Crippen LogP contribution in [0.15, 0.2) is 90.2 Å². The second kappa shape index (κ2) is 8.43. The Labute approximate surface area is 159 Å². The fourth-order valence-electron chi connectivity index (χ4n) is 2.99. The van der Waals surface area contributed by atoms with Gasteiger partial charge in [0.15, 0.2) is 0 Å². The highest BCUT2D eigenvalue weighted by atomic mass is 16.3. The molecule has 0 spiro atoms. The summed E-state index contributed by atoms with van der Waals surface area (Å²) in [7, 11) is 0. The summed E-state index contributed by atoms with van der Waals surface area (Å²) in [5.74, 6) is 0. The molecule has 0 saturated heterocycles. The molecule has 136 valence electrons. The Morgan fingerprint density at radius 1 is 1.26 bits per heavy atom. The van der Waals surface area contributed by atoms with Crippen molar-refractivity contribution in [3.05, 3.63) is 101 Å². The summed E-state index contributed by atoms with van der Waals surface area (Å²) < 4.78 is 0. The summed E-state index contributed by atoms with van der Waals surface area (Å²) in [5, 5.41) is 17.0. The van der Waals surface area contributed by atoms with Gasteiger partial charge in [-0.05, 0) is 48.3 Å². The molecule has 2 heterocycles. The van der Waals surface area contributed by atoms with Crippen molar-refractivity contribution in [2.24, 2.45) is 0 Å². The second-order valence-corrected chi connectivity index (χ2v) is 6.25. The van der Waals surface area contributed by atoms with Gasteiger partial charge < -0.3 is 5.11 Å². The molecule has 2 aromatic rings. The topological polar surface area (TPSA) is 61.8 Å². The fraction of sp³-hybridized carbons (Fsp3) is 0.130. The van der Waals surface area contributed by atoms with Crippen molar-refractivity contribution in [1.29, 1.82) is 0 Å². The van der Waals surface area contributed by atoms with Crippen LogP contribution < -0.4 is 0 Å². The van der Waals surface area contributed by atoms with Crippen LogP contribution in [0.5, 0.6) is 0 Å². The number of aliphatic hydroxyl groups excluding tert-OH is 1. The van der Waals surface area contributed by atoms with E-state index in [4.69, 9.17) is 0 Å². The van der Waals surface area contributed by atoms with Gasteiger partial charge in [0.05, 0.1) is 12.3 Å². The molecule has 1 aliphatic rings. The van der Waals surface area contributed by atoms with E-state index in [1.54, 1.807) is 0 Å². The fourth-order valence-corrected chi connectivity index (χ4v) is 2.99. The maximum Gasteiger partial charge on any atom is 0.118 e. The van der Waals surface area contributed by atoms with Gasteiger partial charge in [-0.2, -0.15) is 5.10 Å². The number of nitrogens with one attached hydrogen (secondary N) is 1. The zero-order valence-electron chi connectivity index (χ0n) is 15.6. The molecular weight excluding hydrogens is 334 g/mol. The molecule has 2 aromatic heterocycles. The van der Waals surface area contributed by atoms with Crippen molar-refractivity contribution in [1.82, 2.24) is 15.2 Å². The number of aromatic nitrogens is 3. The summed E-state index contributed by atoms with van der Waals surface area (Å²) in [6.07, 6.45) is 15.6. The lowest BCUT2D eigenvalue weighted by Crippen LogP contribution is -1.96. The minimum atomic E-state index is -0.0294. The normalized spacial score (nSPS) is 20.7. The minimum absolute atomic E-state index is 0.0294. The van der Waals surface area contributed by atoms with E-state index in [0.717, 1.165) is 44.9 Å². The molecule has 4 heteroatoms. The summed E-state index contributed by atoms with van der Waals surface area (Å²) in [6.45, 7) is 8.02.